The van der Waals surface area contributed by atoms with Crippen LogP contribution in [-0.2, 0) is 5.75 Å². The van der Waals surface area contributed by atoms with Gasteiger partial charge in [-0.2, -0.15) is 0 Å². The molecule has 1 aliphatic rings. The minimum absolute atomic E-state index is 0.259. The third kappa shape index (κ3) is 2.89. The van der Waals surface area contributed by atoms with Crippen molar-refractivity contribution in [3.8, 4) is 0 Å². The van der Waals surface area contributed by atoms with Crippen molar-refractivity contribution in [2.75, 3.05) is 5.32 Å². The Morgan fingerprint density at radius 2 is 2.20 bits per heavy atom. The summed E-state index contributed by atoms with van der Waals surface area (Å²) in [5.41, 5.74) is 1.27. The average molecular weight is 371 g/mol. The van der Waals surface area contributed by atoms with E-state index in [1.54, 1.807) is 0 Å². The van der Waals surface area contributed by atoms with Gasteiger partial charge in [0.2, 0.25) is 10.7 Å². The Bertz CT molecular complexity index is 1130. The standard InChI is InChI=1S/C16H13N5O2S2/c22-14-13-12(9-3-1-2-4-10(9)23-13)18-11(19-14)7-24-16-21-20-15(25-16)17-8-5-6-8/h1-4,8H,5-7H2,(H,17,20)(H,18,19,22). The summed E-state index contributed by atoms with van der Waals surface area (Å²) in [6, 6.07) is 8.08. The molecule has 0 aliphatic heterocycles. The monoisotopic (exact) mass is 371 g/mol. The Balaban J connectivity index is 1.41. The lowest BCUT2D eigenvalue weighted by Gasteiger charge is -1.98. The van der Waals surface area contributed by atoms with E-state index in [4.69, 9.17) is 4.42 Å². The van der Waals surface area contributed by atoms with Gasteiger partial charge in [0.15, 0.2) is 4.34 Å². The first-order valence-electron chi connectivity index (χ1n) is 7.89. The molecule has 0 unspecified atom stereocenters. The van der Waals surface area contributed by atoms with Gasteiger partial charge in [0.1, 0.15) is 16.9 Å². The smallest absolute Gasteiger partial charge is 0.294 e. The van der Waals surface area contributed by atoms with Crippen LogP contribution in [0.25, 0.3) is 22.1 Å². The number of rotatable bonds is 5. The Labute approximate surface area is 149 Å². The van der Waals surface area contributed by atoms with Crippen LogP contribution in [0.4, 0.5) is 5.13 Å². The lowest BCUT2D eigenvalue weighted by molar-refractivity contribution is 0.660. The molecule has 1 saturated carbocycles. The topological polar surface area (TPSA) is 96.7 Å². The molecule has 0 atom stereocenters. The van der Waals surface area contributed by atoms with E-state index in [2.05, 4.69) is 25.5 Å². The van der Waals surface area contributed by atoms with Crippen molar-refractivity contribution in [3.05, 3.63) is 40.4 Å². The molecular formula is C16H13N5O2S2. The number of benzene rings is 1. The minimum Gasteiger partial charge on any atom is -0.449 e. The van der Waals surface area contributed by atoms with E-state index < -0.39 is 0 Å². The Morgan fingerprint density at radius 3 is 3.08 bits per heavy atom. The fourth-order valence-corrected chi connectivity index (χ4v) is 4.27. The molecule has 7 nitrogen and oxygen atoms in total. The van der Waals surface area contributed by atoms with Crippen LogP contribution < -0.4 is 10.9 Å². The molecule has 25 heavy (non-hydrogen) atoms. The highest BCUT2D eigenvalue weighted by molar-refractivity contribution is 8.00. The molecule has 0 amide bonds. The second kappa shape index (κ2) is 5.85. The van der Waals surface area contributed by atoms with Gasteiger partial charge in [0.05, 0.1) is 5.75 Å². The quantitative estimate of drug-likeness (QED) is 0.519. The molecule has 126 valence electrons. The molecule has 0 radical (unpaired) electrons. The first-order valence-corrected chi connectivity index (χ1v) is 9.70. The Morgan fingerprint density at radius 1 is 1.32 bits per heavy atom. The van der Waals surface area contributed by atoms with Crippen molar-refractivity contribution in [1.82, 2.24) is 20.2 Å². The van der Waals surface area contributed by atoms with Gasteiger partial charge >= 0.3 is 0 Å². The number of anilines is 1. The number of nitrogens with one attached hydrogen (secondary N) is 2. The van der Waals surface area contributed by atoms with Gasteiger partial charge in [-0.05, 0) is 25.0 Å². The van der Waals surface area contributed by atoms with Crippen molar-refractivity contribution >= 4 is 50.3 Å². The zero-order valence-electron chi connectivity index (χ0n) is 13.0. The van der Waals surface area contributed by atoms with Gasteiger partial charge in [0.25, 0.3) is 5.56 Å². The number of fused-ring (bicyclic) bond motifs is 3. The van der Waals surface area contributed by atoms with E-state index in [0.717, 1.165) is 14.9 Å². The summed E-state index contributed by atoms with van der Waals surface area (Å²) >= 11 is 3.03. The van der Waals surface area contributed by atoms with Crippen molar-refractivity contribution < 1.29 is 4.42 Å². The molecule has 0 spiro atoms. The summed E-state index contributed by atoms with van der Waals surface area (Å²) in [4.78, 5) is 19.6. The number of hydrogen-bond donors (Lipinski definition) is 2. The molecule has 0 bridgehead atoms. The SMILES string of the molecule is O=c1[nH]c(CSc2nnc(NC3CC3)s2)nc2c1oc1ccccc12. The van der Waals surface area contributed by atoms with Gasteiger partial charge in [0, 0.05) is 11.4 Å². The minimum atomic E-state index is -0.259. The van der Waals surface area contributed by atoms with Crippen LogP contribution in [0, 0.1) is 0 Å². The molecule has 3 heterocycles. The third-order valence-corrected chi connectivity index (χ3v) is 5.92. The predicted molar refractivity (Wildman–Crippen MR) is 98.3 cm³/mol. The second-order valence-electron chi connectivity index (χ2n) is 5.87. The van der Waals surface area contributed by atoms with Gasteiger partial charge in [-0.15, -0.1) is 10.2 Å². The molecular weight excluding hydrogens is 358 g/mol. The maximum atomic E-state index is 12.3. The van der Waals surface area contributed by atoms with Crippen LogP contribution in [0.3, 0.4) is 0 Å². The molecule has 0 saturated heterocycles. The van der Waals surface area contributed by atoms with Crippen molar-refractivity contribution in [1.29, 1.82) is 0 Å². The number of para-hydroxylation sites is 1. The van der Waals surface area contributed by atoms with Gasteiger partial charge in [-0.1, -0.05) is 35.2 Å². The fourth-order valence-electron chi connectivity index (χ4n) is 2.57. The molecule has 1 aromatic carbocycles. The molecule has 9 heteroatoms. The van der Waals surface area contributed by atoms with E-state index in [0.29, 0.717) is 28.7 Å². The van der Waals surface area contributed by atoms with Gasteiger partial charge in [-0.25, -0.2) is 4.98 Å². The van der Waals surface area contributed by atoms with Crippen LogP contribution in [0.2, 0.25) is 0 Å². The number of furan rings is 1. The number of hydrogen-bond acceptors (Lipinski definition) is 8. The summed E-state index contributed by atoms with van der Waals surface area (Å²) in [6.45, 7) is 0. The van der Waals surface area contributed by atoms with E-state index >= 15 is 0 Å². The molecule has 1 aliphatic carbocycles. The highest BCUT2D eigenvalue weighted by atomic mass is 32.2. The zero-order valence-corrected chi connectivity index (χ0v) is 14.6. The van der Waals surface area contributed by atoms with Crippen LogP contribution >= 0.6 is 23.1 Å². The van der Waals surface area contributed by atoms with Gasteiger partial charge < -0.3 is 14.7 Å². The normalized spacial score (nSPS) is 14.4. The number of aromatic nitrogens is 4. The van der Waals surface area contributed by atoms with Crippen LogP contribution in [0.15, 0.2) is 37.8 Å². The van der Waals surface area contributed by atoms with E-state index in [-0.39, 0.29) is 11.1 Å². The van der Waals surface area contributed by atoms with Crippen molar-refractivity contribution in [2.24, 2.45) is 0 Å². The van der Waals surface area contributed by atoms with Crippen molar-refractivity contribution in [2.45, 2.75) is 29.0 Å². The first-order chi connectivity index (χ1) is 12.3. The van der Waals surface area contributed by atoms with Crippen LogP contribution in [0.1, 0.15) is 18.7 Å². The maximum Gasteiger partial charge on any atom is 0.294 e. The Kier molecular flexibility index (Phi) is 3.49. The Hall–Kier alpha value is -2.39. The first kappa shape index (κ1) is 14.9. The number of nitrogens with zero attached hydrogens (tertiary/aromatic N) is 3. The third-order valence-electron chi connectivity index (χ3n) is 3.92. The summed E-state index contributed by atoms with van der Waals surface area (Å²) < 4.78 is 6.46. The van der Waals surface area contributed by atoms with E-state index in [1.807, 2.05) is 24.3 Å². The summed E-state index contributed by atoms with van der Waals surface area (Å²) in [5, 5.41) is 13.3. The van der Waals surface area contributed by atoms with Gasteiger partial charge in [-0.3, -0.25) is 4.79 Å². The number of aromatic amines is 1. The number of H-pyrrole nitrogens is 1. The predicted octanol–water partition coefficient (Wildman–Crippen LogP) is 3.39. The average Bonchev–Trinajstić information content (AvgIpc) is 3.18. The van der Waals surface area contributed by atoms with Crippen LogP contribution in [-0.4, -0.2) is 26.2 Å². The number of thioether (sulfide) groups is 1. The lowest BCUT2D eigenvalue weighted by Crippen LogP contribution is -2.10. The molecule has 1 fully saturated rings. The largest absolute Gasteiger partial charge is 0.449 e. The molecule has 5 rings (SSSR count). The summed E-state index contributed by atoms with van der Waals surface area (Å²) in [6.07, 6.45) is 2.40. The fraction of sp³-hybridized carbons (Fsp3) is 0.250. The van der Waals surface area contributed by atoms with E-state index in [9.17, 15) is 4.79 Å². The molecule has 3 aromatic heterocycles. The molecule has 2 N–H and O–H groups in total. The lowest BCUT2D eigenvalue weighted by atomic mass is 10.2. The highest BCUT2D eigenvalue weighted by Crippen LogP contribution is 2.31. The van der Waals surface area contributed by atoms with Crippen LogP contribution in [0.5, 0.6) is 0 Å². The van der Waals surface area contributed by atoms with E-state index in [1.165, 1.54) is 35.9 Å². The van der Waals surface area contributed by atoms with Crippen molar-refractivity contribution in [3.63, 3.8) is 0 Å². The zero-order chi connectivity index (χ0) is 16.8. The maximum absolute atomic E-state index is 12.3. The summed E-state index contributed by atoms with van der Waals surface area (Å²) in [5.74, 6) is 1.11. The summed E-state index contributed by atoms with van der Waals surface area (Å²) in [7, 11) is 0. The second-order valence-corrected chi connectivity index (χ2v) is 8.07. The highest BCUT2D eigenvalue weighted by Gasteiger charge is 2.22. The molecule has 4 aromatic rings.